The highest BCUT2D eigenvalue weighted by molar-refractivity contribution is 6.30. The molecule has 4 nitrogen and oxygen atoms in total. The fourth-order valence-corrected chi connectivity index (χ4v) is 4.07. The molecular weight excluding hydrogens is 407 g/mol. The van der Waals surface area contributed by atoms with Gasteiger partial charge in [-0.05, 0) is 53.1 Å². The lowest BCUT2D eigenvalue weighted by Crippen LogP contribution is -2.53. The number of rotatable bonds is 7. The molecule has 0 radical (unpaired) electrons. The van der Waals surface area contributed by atoms with E-state index in [1.54, 1.807) is 0 Å². The van der Waals surface area contributed by atoms with Crippen LogP contribution in [-0.2, 0) is 22.7 Å². The maximum atomic E-state index is 12.6. The third kappa shape index (κ3) is 5.52. The number of nitrogens with one attached hydrogen (secondary N) is 2. The zero-order valence-corrected chi connectivity index (χ0v) is 18.2. The minimum Gasteiger partial charge on any atom is -0.352 e. The van der Waals surface area contributed by atoms with Crippen molar-refractivity contribution in [2.45, 2.75) is 39.8 Å². The fourth-order valence-electron chi connectivity index (χ4n) is 3.82. The molecule has 0 saturated heterocycles. The molecule has 1 saturated carbocycles. The van der Waals surface area contributed by atoms with Gasteiger partial charge in [0.1, 0.15) is 0 Å². The van der Waals surface area contributed by atoms with Crippen molar-refractivity contribution in [3.63, 3.8) is 0 Å². The maximum Gasteiger partial charge on any atom is 0.223 e. The molecule has 0 aromatic heterocycles. The second-order valence-corrected chi connectivity index (χ2v) is 9.13. The van der Waals surface area contributed by atoms with Gasteiger partial charge in [-0.1, -0.05) is 61.3 Å². The Morgan fingerprint density at radius 1 is 0.897 bits per heavy atom. The molecule has 0 bridgehead atoms. The summed E-state index contributed by atoms with van der Waals surface area (Å²) >= 11 is 11.8. The lowest BCUT2D eigenvalue weighted by molar-refractivity contribution is -0.144. The van der Waals surface area contributed by atoms with Gasteiger partial charge in [0.15, 0.2) is 0 Å². The SMILES string of the molecule is CC1(C)[C@@H](CC(=O)NCc2ccc(Cl)cc2)C[C@H]1C(=O)NCc1ccc(Cl)cc1. The molecule has 0 heterocycles. The van der Waals surface area contributed by atoms with Gasteiger partial charge in [-0.3, -0.25) is 9.59 Å². The molecule has 29 heavy (non-hydrogen) atoms. The number of carbonyl (C=O) groups is 2. The van der Waals surface area contributed by atoms with Crippen molar-refractivity contribution >= 4 is 35.0 Å². The standard InChI is InChI=1S/C23H26Cl2N2O2/c1-23(2)17(12-21(28)26-13-15-3-7-18(24)8-4-15)11-20(23)22(29)27-14-16-5-9-19(25)10-6-16/h3-10,17,20H,11-14H2,1-2H3,(H,26,28)(H,27,29)/t17-,20+/m1/s1. The first-order chi connectivity index (χ1) is 13.8. The molecule has 0 spiro atoms. The monoisotopic (exact) mass is 432 g/mol. The third-order valence-electron chi connectivity index (χ3n) is 6.00. The maximum absolute atomic E-state index is 12.6. The summed E-state index contributed by atoms with van der Waals surface area (Å²) < 4.78 is 0. The first kappa shape index (κ1) is 21.7. The van der Waals surface area contributed by atoms with E-state index in [1.807, 2.05) is 48.5 Å². The zero-order valence-electron chi connectivity index (χ0n) is 16.7. The van der Waals surface area contributed by atoms with Gasteiger partial charge in [-0.25, -0.2) is 0 Å². The quantitative estimate of drug-likeness (QED) is 0.647. The van der Waals surface area contributed by atoms with Crippen LogP contribution in [0.5, 0.6) is 0 Å². The number of carbonyl (C=O) groups excluding carboxylic acids is 2. The van der Waals surface area contributed by atoms with Crippen LogP contribution in [-0.4, -0.2) is 11.8 Å². The van der Waals surface area contributed by atoms with E-state index < -0.39 is 0 Å². The molecule has 2 N–H and O–H groups in total. The summed E-state index contributed by atoms with van der Waals surface area (Å²) in [5, 5.41) is 7.32. The summed E-state index contributed by atoms with van der Waals surface area (Å²) in [7, 11) is 0. The van der Waals surface area contributed by atoms with Crippen LogP contribution in [0.2, 0.25) is 10.0 Å². The van der Waals surface area contributed by atoms with Crippen LogP contribution in [0, 0.1) is 17.3 Å². The topological polar surface area (TPSA) is 58.2 Å². The van der Waals surface area contributed by atoms with Crippen molar-refractivity contribution in [3.05, 3.63) is 69.7 Å². The van der Waals surface area contributed by atoms with Crippen LogP contribution in [0.4, 0.5) is 0 Å². The molecular formula is C23H26Cl2N2O2. The molecule has 2 atom stereocenters. The molecule has 2 aromatic rings. The van der Waals surface area contributed by atoms with Gasteiger partial charge in [0.25, 0.3) is 0 Å². The predicted molar refractivity (Wildman–Crippen MR) is 117 cm³/mol. The molecule has 154 valence electrons. The molecule has 0 unspecified atom stereocenters. The van der Waals surface area contributed by atoms with Crippen LogP contribution >= 0.6 is 23.2 Å². The Bertz CT molecular complexity index is 863. The van der Waals surface area contributed by atoms with E-state index in [0.717, 1.165) is 17.5 Å². The molecule has 1 aliphatic carbocycles. The van der Waals surface area contributed by atoms with E-state index >= 15 is 0 Å². The normalized spacial score (nSPS) is 19.9. The number of hydrogen-bond donors (Lipinski definition) is 2. The van der Waals surface area contributed by atoms with Gasteiger partial charge < -0.3 is 10.6 Å². The van der Waals surface area contributed by atoms with Crippen LogP contribution in [0.15, 0.2) is 48.5 Å². The minimum absolute atomic E-state index is 0.0121. The van der Waals surface area contributed by atoms with Crippen LogP contribution in [0.1, 0.15) is 37.8 Å². The first-order valence-electron chi connectivity index (χ1n) is 9.79. The van der Waals surface area contributed by atoms with Crippen LogP contribution in [0.3, 0.4) is 0 Å². The highest BCUT2D eigenvalue weighted by atomic mass is 35.5. The van der Waals surface area contributed by atoms with Crippen molar-refractivity contribution in [2.75, 3.05) is 0 Å². The Balaban J connectivity index is 1.44. The van der Waals surface area contributed by atoms with Crippen molar-refractivity contribution < 1.29 is 9.59 Å². The van der Waals surface area contributed by atoms with Gasteiger partial charge in [-0.2, -0.15) is 0 Å². The van der Waals surface area contributed by atoms with Crippen molar-refractivity contribution in [1.29, 1.82) is 0 Å². The van der Waals surface area contributed by atoms with E-state index in [1.165, 1.54) is 0 Å². The second-order valence-electron chi connectivity index (χ2n) is 8.26. The summed E-state index contributed by atoms with van der Waals surface area (Å²) in [4.78, 5) is 24.9. The van der Waals surface area contributed by atoms with Gasteiger partial charge in [0, 0.05) is 35.5 Å². The van der Waals surface area contributed by atoms with E-state index in [-0.39, 0.29) is 29.1 Å². The number of benzene rings is 2. The summed E-state index contributed by atoms with van der Waals surface area (Å²) in [6.45, 7) is 5.10. The van der Waals surface area contributed by atoms with E-state index in [9.17, 15) is 9.59 Å². The summed E-state index contributed by atoms with van der Waals surface area (Å²) in [5.41, 5.74) is 1.81. The summed E-state index contributed by atoms with van der Waals surface area (Å²) in [6.07, 6.45) is 1.16. The highest BCUT2D eigenvalue weighted by Gasteiger charge is 2.51. The molecule has 0 aliphatic heterocycles. The Morgan fingerprint density at radius 3 is 1.86 bits per heavy atom. The summed E-state index contributed by atoms with van der Waals surface area (Å²) in [5.74, 6) is 0.170. The third-order valence-corrected chi connectivity index (χ3v) is 6.51. The first-order valence-corrected chi connectivity index (χ1v) is 10.5. The Morgan fingerprint density at radius 2 is 1.38 bits per heavy atom. The lowest BCUT2D eigenvalue weighted by Gasteiger charge is -2.51. The second kappa shape index (κ2) is 9.19. The minimum atomic E-state index is -0.207. The molecule has 2 aromatic carbocycles. The van der Waals surface area contributed by atoms with Crippen molar-refractivity contribution in [2.24, 2.45) is 17.3 Å². The molecule has 1 aliphatic rings. The Hall–Kier alpha value is -2.04. The number of hydrogen-bond acceptors (Lipinski definition) is 2. The van der Waals surface area contributed by atoms with E-state index in [2.05, 4.69) is 24.5 Å². The molecule has 2 amide bonds. The van der Waals surface area contributed by atoms with Crippen LogP contribution < -0.4 is 10.6 Å². The molecule has 3 rings (SSSR count). The number of amides is 2. The predicted octanol–water partition coefficient (Wildman–Crippen LogP) is 4.98. The smallest absolute Gasteiger partial charge is 0.223 e. The Labute approximate surface area is 182 Å². The van der Waals surface area contributed by atoms with E-state index in [4.69, 9.17) is 23.2 Å². The van der Waals surface area contributed by atoms with Crippen LogP contribution in [0.25, 0.3) is 0 Å². The average Bonchev–Trinajstić information content (AvgIpc) is 2.69. The highest BCUT2D eigenvalue weighted by Crippen LogP contribution is 2.52. The van der Waals surface area contributed by atoms with Gasteiger partial charge >= 0.3 is 0 Å². The van der Waals surface area contributed by atoms with Crippen molar-refractivity contribution in [1.82, 2.24) is 10.6 Å². The summed E-state index contributed by atoms with van der Waals surface area (Å²) in [6, 6.07) is 14.9. The Kier molecular flexibility index (Phi) is 6.86. The molecule has 6 heteroatoms. The fraction of sp³-hybridized carbons (Fsp3) is 0.391. The lowest BCUT2D eigenvalue weighted by atomic mass is 9.53. The van der Waals surface area contributed by atoms with Gasteiger partial charge in [-0.15, -0.1) is 0 Å². The van der Waals surface area contributed by atoms with Gasteiger partial charge in [0.2, 0.25) is 11.8 Å². The molecule has 1 fully saturated rings. The van der Waals surface area contributed by atoms with E-state index in [0.29, 0.717) is 29.6 Å². The van der Waals surface area contributed by atoms with Gasteiger partial charge in [0.05, 0.1) is 0 Å². The number of halogens is 2. The zero-order chi connectivity index (χ0) is 21.0. The average molecular weight is 433 g/mol. The van der Waals surface area contributed by atoms with Crippen molar-refractivity contribution in [3.8, 4) is 0 Å². The largest absolute Gasteiger partial charge is 0.352 e.